The van der Waals surface area contributed by atoms with Gasteiger partial charge in [0.2, 0.25) is 0 Å². The van der Waals surface area contributed by atoms with Crippen LogP contribution in [-0.2, 0) is 53.8 Å². The average Bonchev–Trinajstić information content (AvgIpc) is 3.71. The molecular weight excluding hydrogens is 769 g/mol. The Balaban J connectivity index is 0.000000293. The third kappa shape index (κ3) is 11.4. The first kappa shape index (κ1) is 43.4. The monoisotopic (exact) mass is 804 g/mol. The number of hydrogen-bond donors (Lipinski definition) is 0. The average molecular weight is 807 g/mol. The van der Waals surface area contributed by atoms with E-state index in [0.717, 1.165) is 61.3 Å². The second-order valence-corrected chi connectivity index (χ2v) is 15.1. The van der Waals surface area contributed by atoms with E-state index >= 15 is 0 Å². The predicted molar refractivity (Wildman–Crippen MR) is 179 cm³/mol. The van der Waals surface area contributed by atoms with Crippen LogP contribution < -0.4 is 24.8 Å². The van der Waals surface area contributed by atoms with Crippen molar-refractivity contribution < 1.29 is 75.4 Å². The molecule has 6 rings (SSSR count). The molecular formula is C41H38Cl2F6Zr-2. The molecule has 0 aliphatic heterocycles. The van der Waals surface area contributed by atoms with Gasteiger partial charge in [0.05, 0.1) is 0 Å². The van der Waals surface area contributed by atoms with Crippen molar-refractivity contribution in [2.24, 2.45) is 0 Å². The summed E-state index contributed by atoms with van der Waals surface area (Å²) >= 11 is 0.729. The summed E-state index contributed by atoms with van der Waals surface area (Å²) in [5.74, 6) is 0. The number of hydrogen-bond acceptors (Lipinski definition) is 0. The quantitative estimate of drug-likeness (QED) is 0.156. The van der Waals surface area contributed by atoms with Crippen molar-refractivity contribution in [2.75, 3.05) is 0 Å². The van der Waals surface area contributed by atoms with Gasteiger partial charge in [0, 0.05) is 0 Å². The summed E-state index contributed by atoms with van der Waals surface area (Å²) in [5.41, 5.74) is 7.66. The van der Waals surface area contributed by atoms with Crippen molar-refractivity contribution in [3.8, 4) is 11.1 Å². The molecule has 0 fully saturated rings. The molecule has 4 aromatic rings. The van der Waals surface area contributed by atoms with Crippen LogP contribution in [0, 0.1) is 12.1 Å². The van der Waals surface area contributed by atoms with Crippen molar-refractivity contribution >= 4 is 3.21 Å². The Labute approximate surface area is 319 Å². The summed E-state index contributed by atoms with van der Waals surface area (Å²) in [6, 6.07) is 24.2. The summed E-state index contributed by atoms with van der Waals surface area (Å²) in [4.78, 5) is 0. The van der Waals surface area contributed by atoms with Crippen molar-refractivity contribution in [1.29, 1.82) is 0 Å². The molecule has 0 bridgehead atoms. The van der Waals surface area contributed by atoms with Gasteiger partial charge in [-0.1, -0.05) is 76.3 Å². The Morgan fingerprint density at radius 3 is 1.58 bits per heavy atom. The first-order valence-electron chi connectivity index (χ1n) is 15.6. The number of alkyl halides is 6. The van der Waals surface area contributed by atoms with Crippen LogP contribution in [0.25, 0.3) is 11.1 Å². The zero-order valence-corrected chi connectivity index (χ0v) is 32.6. The maximum atomic E-state index is 12.7. The van der Waals surface area contributed by atoms with Gasteiger partial charge in [0.25, 0.3) is 0 Å². The summed E-state index contributed by atoms with van der Waals surface area (Å²) < 4.78 is 76.7. The predicted octanol–water partition coefficient (Wildman–Crippen LogP) is 5.81. The molecule has 0 amide bonds. The van der Waals surface area contributed by atoms with Crippen LogP contribution in [0.5, 0.6) is 0 Å². The maximum absolute atomic E-state index is 12.7. The molecule has 4 aromatic carbocycles. The minimum absolute atomic E-state index is 0. The molecule has 0 saturated heterocycles. The zero-order valence-electron chi connectivity index (χ0n) is 28.7. The molecule has 2 aliphatic carbocycles. The van der Waals surface area contributed by atoms with E-state index < -0.39 is 23.5 Å². The summed E-state index contributed by atoms with van der Waals surface area (Å²) in [7, 11) is 0. The smallest absolute Gasteiger partial charge is 0.109 e. The van der Waals surface area contributed by atoms with Gasteiger partial charge in [-0.05, 0) is 17.4 Å². The van der Waals surface area contributed by atoms with Crippen molar-refractivity contribution in [3.63, 3.8) is 0 Å². The Hall–Kier alpha value is -2.73. The molecule has 0 heterocycles. The van der Waals surface area contributed by atoms with E-state index in [4.69, 9.17) is 0 Å². The van der Waals surface area contributed by atoms with Crippen LogP contribution >= 0.6 is 0 Å². The molecule has 0 radical (unpaired) electrons. The first-order valence-corrected chi connectivity index (χ1v) is 16.8. The largest absolute Gasteiger partial charge is 1.00 e. The molecule has 0 aromatic heterocycles. The third-order valence-corrected chi connectivity index (χ3v) is 9.49. The SMILES string of the molecule is CC(C)(C)c1c[c-]c2c(c1)-c1cc(C(C)(C)C)ccc1C2.FC(F)(F)c1cccc([C](=[Zr+2])c2cccc(C(F)(F)F)c2)c1.[C-]1=CC=CC1.[Cl-].[Cl-]. The molecule has 0 atom stereocenters. The number of halogens is 8. The van der Waals surface area contributed by atoms with Gasteiger partial charge < -0.3 is 24.8 Å². The van der Waals surface area contributed by atoms with Crippen molar-refractivity contribution in [3.05, 3.63) is 154 Å². The van der Waals surface area contributed by atoms with Gasteiger partial charge in [0.1, 0.15) is 0 Å². The second-order valence-electron chi connectivity index (χ2n) is 13.9. The molecule has 0 saturated carbocycles. The Morgan fingerprint density at radius 2 is 1.16 bits per heavy atom. The minimum atomic E-state index is -4.49. The van der Waals surface area contributed by atoms with E-state index in [0.29, 0.717) is 3.21 Å². The fourth-order valence-corrected chi connectivity index (χ4v) is 5.96. The van der Waals surface area contributed by atoms with E-state index in [9.17, 15) is 26.3 Å². The summed E-state index contributed by atoms with van der Waals surface area (Å²) in [6.45, 7) is 13.6. The molecule has 9 heteroatoms. The van der Waals surface area contributed by atoms with E-state index in [1.807, 2.05) is 12.2 Å². The third-order valence-electron chi connectivity index (χ3n) is 8.07. The molecule has 50 heavy (non-hydrogen) atoms. The maximum Gasteiger partial charge on any atom is -0.109 e. The standard InChI is InChI=1S/C21H25.C15H8F6.C5H5.2ClH.Zr/c1-20(2,3)16-9-7-14-11-15-8-10-17(21(4,5)6)13-19(15)18(14)12-16;16-14(17,18)12-5-1-3-10(8-12)7-11-4-2-6-13(9-11)15(19,20)21;1-2-4-5-3-1;;;/h7,9-10,12-13H,11H2,1-6H3;1-6,8-9H;1-3H,4H2;2*1H;/q-1;;-1;;;+2/p-2. The van der Waals surface area contributed by atoms with Gasteiger partial charge in [-0.3, -0.25) is 6.08 Å². The molecule has 0 N–H and O–H groups in total. The fraction of sp³-hybridized carbons (Fsp3) is 0.293. The number of allylic oxidation sites excluding steroid dienone is 4. The Kier molecular flexibility index (Phi) is 14.9. The van der Waals surface area contributed by atoms with Gasteiger partial charge in [-0.15, -0.1) is 12.0 Å². The number of fused-ring (bicyclic) bond motifs is 3. The Bertz CT molecular complexity index is 1710. The first-order chi connectivity index (χ1) is 22.2. The van der Waals surface area contributed by atoms with Crippen LogP contribution in [-0.4, -0.2) is 3.21 Å². The van der Waals surface area contributed by atoms with Crippen molar-refractivity contribution in [1.82, 2.24) is 0 Å². The van der Waals surface area contributed by atoms with Crippen LogP contribution in [0.3, 0.4) is 0 Å². The van der Waals surface area contributed by atoms with Gasteiger partial charge in [-0.25, -0.2) is 12.2 Å². The van der Waals surface area contributed by atoms with Crippen LogP contribution in [0.2, 0.25) is 0 Å². The second kappa shape index (κ2) is 17.2. The zero-order chi connectivity index (χ0) is 35.5. The van der Waals surface area contributed by atoms with Gasteiger partial charge >= 0.3 is 137 Å². The fourth-order valence-electron chi connectivity index (χ4n) is 5.19. The topological polar surface area (TPSA) is 0 Å². The van der Waals surface area contributed by atoms with E-state index in [2.05, 4.69) is 90.1 Å². The van der Waals surface area contributed by atoms with E-state index in [-0.39, 0.29) is 46.8 Å². The van der Waals surface area contributed by atoms with Crippen LogP contribution in [0.4, 0.5) is 26.3 Å². The van der Waals surface area contributed by atoms with Gasteiger partial charge in [0.15, 0.2) is 0 Å². The minimum Gasteiger partial charge on any atom is -1.00 e. The number of rotatable bonds is 2. The van der Waals surface area contributed by atoms with E-state index in [1.165, 1.54) is 57.6 Å². The van der Waals surface area contributed by atoms with E-state index in [1.54, 1.807) is 0 Å². The molecule has 264 valence electrons. The molecule has 0 spiro atoms. The van der Waals surface area contributed by atoms with Crippen LogP contribution in [0.15, 0.2) is 97.1 Å². The van der Waals surface area contributed by atoms with Crippen molar-refractivity contribution in [2.45, 2.75) is 77.6 Å². The molecule has 2 aliphatic rings. The summed E-state index contributed by atoms with van der Waals surface area (Å²) in [5, 5.41) is 0. The normalized spacial score (nSPS) is 13.1. The molecule has 0 unspecified atom stereocenters. The number of benzene rings is 4. The summed E-state index contributed by atoms with van der Waals surface area (Å²) in [6.07, 6.45) is 2.06. The Morgan fingerprint density at radius 1 is 0.640 bits per heavy atom. The van der Waals surface area contributed by atoms with Crippen LogP contribution in [0.1, 0.15) is 92.5 Å². The molecule has 0 nitrogen and oxygen atoms in total. The van der Waals surface area contributed by atoms with Gasteiger partial charge in [-0.2, -0.15) is 35.4 Å².